The van der Waals surface area contributed by atoms with Crippen molar-refractivity contribution in [1.82, 2.24) is 10.2 Å². The van der Waals surface area contributed by atoms with Crippen LogP contribution < -0.4 is 9.62 Å². The van der Waals surface area contributed by atoms with Crippen molar-refractivity contribution in [3.63, 3.8) is 0 Å². The Morgan fingerprint density at radius 1 is 1.11 bits per heavy atom. The van der Waals surface area contributed by atoms with Gasteiger partial charge in [-0.15, -0.1) is 0 Å². The molecule has 0 radical (unpaired) electrons. The molecule has 3 rings (SSSR count). The fourth-order valence-corrected chi connectivity index (χ4v) is 5.87. The van der Waals surface area contributed by atoms with E-state index in [-0.39, 0.29) is 37.4 Å². The molecule has 0 aliphatic heterocycles. The zero-order valence-electron chi connectivity index (χ0n) is 21.2. The van der Waals surface area contributed by atoms with Crippen LogP contribution in [0.15, 0.2) is 48.5 Å². The second kappa shape index (κ2) is 12.6. The first-order chi connectivity index (χ1) is 17.1. The maximum absolute atomic E-state index is 13.4. The van der Waals surface area contributed by atoms with Crippen LogP contribution >= 0.6 is 11.6 Å². The average molecular weight is 534 g/mol. The first kappa shape index (κ1) is 28.0. The molecule has 2 aromatic rings. The first-order valence-electron chi connectivity index (χ1n) is 12.4. The van der Waals surface area contributed by atoms with E-state index < -0.39 is 16.1 Å². The summed E-state index contributed by atoms with van der Waals surface area (Å²) in [5, 5.41) is 3.65. The Bertz CT molecular complexity index is 1170. The van der Waals surface area contributed by atoms with Gasteiger partial charge in [-0.05, 0) is 62.4 Å². The Labute approximate surface area is 219 Å². The van der Waals surface area contributed by atoms with Crippen molar-refractivity contribution >= 4 is 39.1 Å². The van der Waals surface area contributed by atoms with Gasteiger partial charge in [-0.3, -0.25) is 13.9 Å². The Hall–Kier alpha value is -2.58. The van der Waals surface area contributed by atoms with Crippen LogP contribution in [-0.2, 0) is 26.2 Å². The van der Waals surface area contributed by atoms with E-state index in [4.69, 9.17) is 11.6 Å². The lowest BCUT2D eigenvalue weighted by Crippen LogP contribution is -2.49. The maximum Gasteiger partial charge on any atom is 0.242 e. The third-order valence-corrected chi connectivity index (χ3v) is 8.06. The minimum absolute atomic E-state index is 0.111. The highest BCUT2D eigenvalue weighted by Gasteiger charge is 2.29. The van der Waals surface area contributed by atoms with Crippen LogP contribution in [0.3, 0.4) is 0 Å². The number of nitrogens with zero attached hydrogens (tertiary/aromatic N) is 2. The van der Waals surface area contributed by atoms with Gasteiger partial charge < -0.3 is 10.2 Å². The Kier molecular flexibility index (Phi) is 9.79. The summed E-state index contributed by atoms with van der Waals surface area (Å²) < 4.78 is 26.3. The number of nitrogens with one attached hydrogen (secondary N) is 1. The maximum atomic E-state index is 13.4. The Balaban J connectivity index is 1.72. The lowest BCUT2D eigenvalue weighted by atomic mass is 10.1. The van der Waals surface area contributed by atoms with Gasteiger partial charge in [-0.1, -0.05) is 54.8 Å². The number of rotatable bonds is 11. The summed E-state index contributed by atoms with van der Waals surface area (Å²) in [6.07, 6.45) is 5.72. The molecule has 1 aliphatic carbocycles. The van der Waals surface area contributed by atoms with Gasteiger partial charge >= 0.3 is 0 Å². The van der Waals surface area contributed by atoms with E-state index in [1.807, 2.05) is 31.2 Å². The van der Waals surface area contributed by atoms with Gasteiger partial charge in [0.25, 0.3) is 0 Å². The molecule has 0 unspecified atom stereocenters. The number of benzene rings is 2. The van der Waals surface area contributed by atoms with E-state index in [1.54, 1.807) is 36.1 Å². The molecular weight excluding hydrogens is 498 g/mol. The van der Waals surface area contributed by atoms with E-state index in [2.05, 4.69) is 5.32 Å². The van der Waals surface area contributed by atoms with E-state index >= 15 is 0 Å². The number of para-hydroxylation sites is 1. The zero-order chi connectivity index (χ0) is 26.3. The van der Waals surface area contributed by atoms with Crippen molar-refractivity contribution in [3.05, 3.63) is 64.7 Å². The topological polar surface area (TPSA) is 86.8 Å². The van der Waals surface area contributed by atoms with Crippen LogP contribution in [0.2, 0.25) is 5.02 Å². The van der Waals surface area contributed by atoms with E-state index in [1.165, 1.54) is 10.6 Å². The summed E-state index contributed by atoms with van der Waals surface area (Å²) in [7, 11) is -3.53. The van der Waals surface area contributed by atoms with Crippen molar-refractivity contribution < 1.29 is 18.0 Å². The molecule has 1 saturated carbocycles. The van der Waals surface area contributed by atoms with Gasteiger partial charge in [0, 0.05) is 30.6 Å². The van der Waals surface area contributed by atoms with Gasteiger partial charge in [0.05, 0.1) is 11.9 Å². The summed E-state index contributed by atoms with van der Waals surface area (Å²) in [5.41, 5.74) is 2.27. The summed E-state index contributed by atoms with van der Waals surface area (Å²) >= 11 is 6.15. The monoisotopic (exact) mass is 533 g/mol. The van der Waals surface area contributed by atoms with Gasteiger partial charge in [-0.2, -0.15) is 0 Å². The molecule has 1 aliphatic rings. The molecule has 0 saturated heterocycles. The SMILES string of the molecule is Cc1ccccc1N(CCCC(=O)N(Cc1cccc(Cl)c1)[C@H](C)C(=O)NC1CCCC1)S(C)(=O)=O. The van der Waals surface area contributed by atoms with Crippen molar-refractivity contribution in [3.8, 4) is 0 Å². The number of carbonyl (C=O) groups excluding carboxylic acids is 2. The summed E-state index contributed by atoms with van der Waals surface area (Å²) in [6, 6.07) is 14.0. The van der Waals surface area contributed by atoms with Crippen molar-refractivity contribution in [2.24, 2.45) is 0 Å². The molecule has 0 spiro atoms. The van der Waals surface area contributed by atoms with Crippen LogP contribution in [0.5, 0.6) is 0 Å². The predicted octanol–water partition coefficient (Wildman–Crippen LogP) is 4.67. The second-order valence-corrected chi connectivity index (χ2v) is 11.9. The van der Waals surface area contributed by atoms with Crippen LogP contribution in [-0.4, -0.2) is 50.0 Å². The highest BCUT2D eigenvalue weighted by atomic mass is 35.5. The Morgan fingerprint density at radius 2 is 1.81 bits per heavy atom. The highest BCUT2D eigenvalue weighted by molar-refractivity contribution is 7.92. The van der Waals surface area contributed by atoms with Crippen molar-refractivity contribution in [2.75, 3.05) is 17.1 Å². The van der Waals surface area contributed by atoms with E-state index in [0.717, 1.165) is 36.8 Å². The minimum atomic E-state index is -3.53. The first-order valence-corrected chi connectivity index (χ1v) is 14.7. The number of sulfonamides is 1. The summed E-state index contributed by atoms with van der Waals surface area (Å²) in [6.45, 7) is 4.01. The third-order valence-electron chi connectivity index (χ3n) is 6.65. The lowest BCUT2D eigenvalue weighted by molar-refractivity contribution is -0.141. The normalized spacial score (nSPS) is 14.9. The largest absolute Gasteiger partial charge is 0.352 e. The Morgan fingerprint density at radius 3 is 2.44 bits per heavy atom. The molecule has 0 aromatic heterocycles. The highest BCUT2D eigenvalue weighted by Crippen LogP contribution is 2.23. The number of aryl methyl sites for hydroxylation is 1. The molecule has 9 heteroatoms. The smallest absolute Gasteiger partial charge is 0.242 e. The van der Waals surface area contributed by atoms with Crippen LogP contribution in [0.1, 0.15) is 56.6 Å². The van der Waals surface area contributed by atoms with Gasteiger partial charge in [0.15, 0.2) is 0 Å². The van der Waals surface area contributed by atoms with E-state index in [9.17, 15) is 18.0 Å². The molecule has 36 heavy (non-hydrogen) atoms. The quantitative estimate of drug-likeness (QED) is 0.454. The molecule has 196 valence electrons. The summed E-state index contributed by atoms with van der Waals surface area (Å²) in [4.78, 5) is 28.0. The summed E-state index contributed by atoms with van der Waals surface area (Å²) in [5.74, 6) is -0.378. The molecule has 1 N–H and O–H groups in total. The predicted molar refractivity (Wildman–Crippen MR) is 144 cm³/mol. The van der Waals surface area contributed by atoms with E-state index in [0.29, 0.717) is 17.1 Å². The molecule has 2 amide bonds. The fraction of sp³-hybridized carbons (Fsp3) is 0.481. The fourth-order valence-electron chi connectivity index (χ4n) is 4.63. The third kappa shape index (κ3) is 7.71. The lowest BCUT2D eigenvalue weighted by Gasteiger charge is -2.30. The molecular formula is C27H36ClN3O4S. The average Bonchev–Trinajstić information content (AvgIpc) is 3.33. The number of carbonyl (C=O) groups is 2. The number of hydrogen-bond donors (Lipinski definition) is 1. The number of halogens is 1. The zero-order valence-corrected chi connectivity index (χ0v) is 22.8. The van der Waals surface area contributed by atoms with Crippen molar-refractivity contribution in [2.45, 2.75) is 71.0 Å². The molecule has 0 bridgehead atoms. The van der Waals surface area contributed by atoms with Crippen LogP contribution in [0.4, 0.5) is 5.69 Å². The number of anilines is 1. The molecule has 0 heterocycles. The molecule has 1 fully saturated rings. The van der Waals surface area contributed by atoms with Crippen molar-refractivity contribution in [1.29, 1.82) is 0 Å². The van der Waals surface area contributed by atoms with Crippen LogP contribution in [0.25, 0.3) is 0 Å². The van der Waals surface area contributed by atoms with Gasteiger partial charge in [0.2, 0.25) is 21.8 Å². The molecule has 2 aromatic carbocycles. The molecule has 1 atom stereocenters. The molecule has 7 nitrogen and oxygen atoms in total. The van der Waals surface area contributed by atoms with Crippen LogP contribution in [0, 0.1) is 6.92 Å². The number of hydrogen-bond acceptors (Lipinski definition) is 4. The van der Waals surface area contributed by atoms with Gasteiger partial charge in [0.1, 0.15) is 6.04 Å². The minimum Gasteiger partial charge on any atom is -0.352 e. The standard InChI is InChI=1S/C27H36ClN3O4S/c1-20-10-4-7-15-25(20)31(36(3,34)35)17-9-16-26(32)30(19-22-11-8-12-23(28)18-22)21(2)27(33)29-24-13-5-6-14-24/h4,7-8,10-12,15,18,21,24H,5-6,9,13-14,16-17,19H2,1-3H3,(H,29,33)/t21-/m1/s1. The second-order valence-electron chi connectivity index (χ2n) is 9.54. The number of amides is 2. The van der Waals surface area contributed by atoms with Gasteiger partial charge in [-0.25, -0.2) is 8.42 Å².